The first kappa shape index (κ1) is 23.2. The Morgan fingerprint density at radius 1 is 0.970 bits per heavy atom. The van der Waals surface area contributed by atoms with Crippen LogP contribution >= 0.6 is 0 Å². The SMILES string of the molecule is Cc1ccc(CN(CCc2ccccc2)C(=O)CN(Cc2cc(F)cc(F)c2)CC2CC2)o1. The van der Waals surface area contributed by atoms with Crippen molar-refractivity contribution in [2.24, 2.45) is 5.92 Å². The molecule has 0 bridgehead atoms. The number of carbonyl (C=O) groups is 1. The molecule has 1 amide bonds. The number of aryl methyl sites for hydroxylation is 1. The molecule has 6 heteroatoms. The number of carbonyl (C=O) groups excluding carboxylic acids is 1. The Labute approximate surface area is 193 Å². The van der Waals surface area contributed by atoms with Gasteiger partial charge in [-0.2, -0.15) is 0 Å². The summed E-state index contributed by atoms with van der Waals surface area (Å²) in [5, 5.41) is 0. The van der Waals surface area contributed by atoms with Gasteiger partial charge in [0.25, 0.3) is 0 Å². The maximum Gasteiger partial charge on any atom is 0.237 e. The Balaban J connectivity index is 1.46. The Morgan fingerprint density at radius 3 is 2.33 bits per heavy atom. The van der Waals surface area contributed by atoms with Crippen molar-refractivity contribution in [2.45, 2.75) is 39.3 Å². The highest BCUT2D eigenvalue weighted by molar-refractivity contribution is 5.78. The number of hydrogen-bond acceptors (Lipinski definition) is 3. The summed E-state index contributed by atoms with van der Waals surface area (Å²) in [5.74, 6) is 0.888. The van der Waals surface area contributed by atoms with Crippen LogP contribution in [0.15, 0.2) is 65.1 Å². The molecule has 4 rings (SSSR count). The Kier molecular flexibility index (Phi) is 7.55. The lowest BCUT2D eigenvalue weighted by atomic mass is 10.1. The van der Waals surface area contributed by atoms with Crippen LogP contribution in [0.5, 0.6) is 0 Å². The van der Waals surface area contributed by atoms with Gasteiger partial charge in [0.05, 0.1) is 13.1 Å². The minimum atomic E-state index is -0.597. The monoisotopic (exact) mass is 452 g/mol. The molecule has 0 atom stereocenters. The van der Waals surface area contributed by atoms with Crippen molar-refractivity contribution in [3.05, 3.63) is 94.9 Å². The van der Waals surface area contributed by atoms with Crippen molar-refractivity contribution in [3.63, 3.8) is 0 Å². The van der Waals surface area contributed by atoms with Crippen LogP contribution in [0.1, 0.15) is 35.5 Å². The molecule has 1 fully saturated rings. The maximum absolute atomic E-state index is 13.7. The maximum atomic E-state index is 13.7. The zero-order chi connectivity index (χ0) is 23.2. The summed E-state index contributed by atoms with van der Waals surface area (Å²) < 4.78 is 33.1. The number of hydrogen-bond donors (Lipinski definition) is 0. The molecule has 0 aliphatic heterocycles. The summed E-state index contributed by atoms with van der Waals surface area (Å²) in [5.41, 5.74) is 1.70. The van der Waals surface area contributed by atoms with Crippen molar-refractivity contribution in [1.82, 2.24) is 9.80 Å². The highest BCUT2D eigenvalue weighted by atomic mass is 19.1. The van der Waals surface area contributed by atoms with E-state index in [1.807, 2.05) is 47.1 Å². The van der Waals surface area contributed by atoms with Crippen molar-refractivity contribution in [1.29, 1.82) is 0 Å². The van der Waals surface area contributed by atoms with Crippen molar-refractivity contribution >= 4 is 5.91 Å². The normalized spacial score (nSPS) is 13.5. The van der Waals surface area contributed by atoms with Gasteiger partial charge in [0.2, 0.25) is 5.91 Å². The van der Waals surface area contributed by atoms with E-state index in [1.165, 1.54) is 12.1 Å². The third-order valence-electron chi connectivity index (χ3n) is 5.91. The first-order chi connectivity index (χ1) is 15.9. The zero-order valence-corrected chi connectivity index (χ0v) is 19.0. The Hall–Kier alpha value is -2.99. The van der Waals surface area contributed by atoms with Gasteiger partial charge in [0.15, 0.2) is 0 Å². The van der Waals surface area contributed by atoms with Crippen LogP contribution in [0.4, 0.5) is 8.78 Å². The van der Waals surface area contributed by atoms with E-state index in [4.69, 9.17) is 4.42 Å². The standard InChI is InChI=1S/C27H30F2N2O2/c1-20-7-10-26(33-20)18-31(12-11-21-5-3-2-4-6-21)27(32)19-30(16-22-8-9-22)17-23-13-24(28)15-25(29)14-23/h2-7,10,13-15,22H,8-9,11-12,16-19H2,1H3. The molecule has 2 aromatic carbocycles. The quantitative estimate of drug-likeness (QED) is 0.394. The van der Waals surface area contributed by atoms with Crippen molar-refractivity contribution < 1.29 is 18.0 Å². The largest absolute Gasteiger partial charge is 0.464 e. The number of benzene rings is 2. The molecule has 4 nitrogen and oxygen atoms in total. The van der Waals surface area contributed by atoms with Gasteiger partial charge in [0.1, 0.15) is 23.2 Å². The Morgan fingerprint density at radius 2 is 1.70 bits per heavy atom. The fourth-order valence-corrected chi connectivity index (χ4v) is 4.06. The zero-order valence-electron chi connectivity index (χ0n) is 19.0. The molecule has 1 heterocycles. The van der Waals surface area contributed by atoms with E-state index >= 15 is 0 Å². The van der Waals surface area contributed by atoms with Crippen LogP contribution < -0.4 is 0 Å². The number of rotatable bonds is 11. The van der Waals surface area contributed by atoms with Crippen molar-refractivity contribution in [2.75, 3.05) is 19.6 Å². The summed E-state index contributed by atoms with van der Waals surface area (Å²) in [7, 11) is 0. The smallest absolute Gasteiger partial charge is 0.237 e. The average Bonchev–Trinajstić information content (AvgIpc) is 3.49. The average molecular weight is 453 g/mol. The van der Waals surface area contributed by atoms with Gasteiger partial charge < -0.3 is 9.32 Å². The highest BCUT2D eigenvalue weighted by Crippen LogP contribution is 2.30. The summed E-state index contributed by atoms with van der Waals surface area (Å²) in [4.78, 5) is 17.2. The molecular formula is C27H30F2N2O2. The minimum absolute atomic E-state index is 0.0162. The second-order valence-electron chi connectivity index (χ2n) is 8.95. The fraction of sp³-hybridized carbons (Fsp3) is 0.370. The molecule has 0 N–H and O–H groups in total. The van der Waals surface area contributed by atoms with Crippen LogP contribution in [0.2, 0.25) is 0 Å². The van der Waals surface area contributed by atoms with Gasteiger partial charge in [-0.25, -0.2) is 8.78 Å². The number of furan rings is 1. The molecule has 0 spiro atoms. The topological polar surface area (TPSA) is 36.7 Å². The van der Waals surface area contributed by atoms with E-state index < -0.39 is 11.6 Å². The molecule has 3 aromatic rings. The summed E-state index contributed by atoms with van der Waals surface area (Å²) >= 11 is 0. The van der Waals surface area contributed by atoms with Crippen molar-refractivity contribution in [3.8, 4) is 0 Å². The summed E-state index contributed by atoms with van der Waals surface area (Å²) in [6.07, 6.45) is 3.00. The first-order valence-electron chi connectivity index (χ1n) is 11.5. The molecule has 0 saturated heterocycles. The van der Waals surface area contributed by atoms with Gasteiger partial charge in [-0.3, -0.25) is 9.69 Å². The third kappa shape index (κ3) is 7.26. The van der Waals surface area contributed by atoms with E-state index in [1.54, 1.807) is 0 Å². The predicted octanol–water partition coefficient (Wildman–Crippen LogP) is 5.35. The molecule has 174 valence electrons. The highest BCUT2D eigenvalue weighted by Gasteiger charge is 2.27. The lowest BCUT2D eigenvalue weighted by Crippen LogP contribution is -2.41. The fourth-order valence-electron chi connectivity index (χ4n) is 4.06. The summed E-state index contributed by atoms with van der Waals surface area (Å²) in [6.45, 7) is 4.12. The number of halogens is 2. The van der Waals surface area contributed by atoms with Gasteiger partial charge >= 0.3 is 0 Å². The number of amides is 1. The second-order valence-corrected chi connectivity index (χ2v) is 8.95. The molecule has 1 aromatic heterocycles. The Bertz CT molecular complexity index is 1040. The second kappa shape index (κ2) is 10.8. The summed E-state index contributed by atoms with van der Waals surface area (Å²) in [6, 6.07) is 17.4. The lowest BCUT2D eigenvalue weighted by molar-refractivity contribution is -0.133. The van der Waals surface area contributed by atoms with E-state index in [0.717, 1.165) is 49.0 Å². The van der Waals surface area contributed by atoms with E-state index in [-0.39, 0.29) is 12.5 Å². The van der Waals surface area contributed by atoms with Gasteiger partial charge in [-0.15, -0.1) is 0 Å². The molecule has 0 unspecified atom stereocenters. The minimum Gasteiger partial charge on any atom is -0.464 e. The molecule has 1 saturated carbocycles. The van der Waals surface area contributed by atoms with E-state index in [9.17, 15) is 13.6 Å². The molecule has 33 heavy (non-hydrogen) atoms. The van der Waals surface area contributed by atoms with E-state index in [0.29, 0.717) is 31.1 Å². The predicted molar refractivity (Wildman–Crippen MR) is 123 cm³/mol. The molecule has 1 aliphatic rings. The van der Waals surface area contributed by atoms with Gasteiger partial charge in [-0.05, 0) is 67.5 Å². The molecule has 0 radical (unpaired) electrons. The third-order valence-corrected chi connectivity index (χ3v) is 5.91. The van der Waals surface area contributed by atoms with Crippen LogP contribution in [-0.2, 0) is 24.3 Å². The van der Waals surface area contributed by atoms with E-state index in [2.05, 4.69) is 12.1 Å². The lowest BCUT2D eigenvalue weighted by Gasteiger charge is -2.27. The van der Waals surface area contributed by atoms with Crippen LogP contribution in [-0.4, -0.2) is 35.3 Å². The molecular weight excluding hydrogens is 422 g/mol. The molecule has 1 aliphatic carbocycles. The first-order valence-corrected chi connectivity index (χ1v) is 11.5. The van der Waals surface area contributed by atoms with Crippen LogP contribution in [0.25, 0.3) is 0 Å². The van der Waals surface area contributed by atoms with Crippen LogP contribution in [0, 0.1) is 24.5 Å². The van der Waals surface area contributed by atoms with Crippen LogP contribution in [0.3, 0.4) is 0 Å². The van der Waals surface area contributed by atoms with Gasteiger partial charge in [-0.1, -0.05) is 30.3 Å². The van der Waals surface area contributed by atoms with Gasteiger partial charge in [0, 0.05) is 25.7 Å². The number of nitrogens with zero attached hydrogens (tertiary/aromatic N) is 2.